The van der Waals surface area contributed by atoms with E-state index in [4.69, 9.17) is 18.5 Å². The van der Waals surface area contributed by atoms with Crippen LogP contribution in [0.15, 0.2) is 60.8 Å². The summed E-state index contributed by atoms with van der Waals surface area (Å²) in [6, 6.07) is 15.5. The number of nitrogens with one attached hydrogen (secondary N) is 1. The summed E-state index contributed by atoms with van der Waals surface area (Å²) in [5, 5.41) is 15.2. The topological polar surface area (TPSA) is 116 Å². The first kappa shape index (κ1) is 31.8. The van der Waals surface area contributed by atoms with Gasteiger partial charge in [0.1, 0.15) is 0 Å². The Morgan fingerprint density at radius 2 is 1.88 bits per heavy atom. The second kappa shape index (κ2) is 14.4. The van der Waals surface area contributed by atoms with E-state index in [1.165, 1.54) is 0 Å². The third kappa shape index (κ3) is 8.48. The Bertz CT molecular complexity index is 1360. The van der Waals surface area contributed by atoms with Gasteiger partial charge in [-0.2, -0.15) is 0 Å². The second-order valence-electron chi connectivity index (χ2n) is 11.1. The Morgan fingerprint density at radius 3 is 2.56 bits per heavy atom. The summed E-state index contributed by atoms with van der Waals surface area (Å²) in [7, 11) is -2.26. The van der Waals surface area contributed by atoms with E-state index in [9.17, 15) is 14.5 Å². The number of nitrogens with zero attached hydrogens (tertiary/aromatic N) is 1. The van der Waals surface area contributed by atoms with E-state index in [1.807, 2.05) is 30.3 Å². The van der Waals surface area contributed by atoms with Crippen LogP contribution in [0.2, 0.25) is 12.5 Å². The molecule has 41 heavy (non-hydrogen) atoms. The fourth-order valence-corrected chi connectivity index (χ4v) is 16.6. The van der Waals surface area contributed by atoms with Gasteiger partial charge in [-0.25, -0.2) is 0 Å². The molecule has 0 spiro atoms. The number of hydrogen-bond donors (Lipinski definition) is 2. The van der Waals surface area contributed by atoms with Crippen molar-refractivity contribution < 1.29 is 33.0 Å². The average Bonchev–Trinajstić information content (AvgIpc) is 2.95. The molecule has 5 atom stereocenters. The van der Waals surface area contributed by atoms with Crippen LogP contribution in [0.5, 0.6) is 11.5 Å². The molecule has 9 nitrogen and oxygen atoms in total. The van der Waals surface area contributed by atoms with E-state index >= 15 is 0 Å². The van der Waals surface area contributed by atoms with Gasteiger partial charge in [0.2, 0.25) is 0 Å². The minimum atomic E-state index is -3.89. The van der Waals surface area contributed by atoms with Crippen molar-refractivity contribution in [1.82, 2.24) is 10.1 Å². The Kier molecular flexibility index (Phi) is 11.2. The fraction of sp³-hybridized carbons (Fsp3) is 0.467. The number of benzene rings is 2. The summed E-state index contributed by atoms with van der Waals surface area (Å²) in [6.45, 7) is 5.34. The van der Waals surface area contributed by atoms with Gasteiger partial charge < -0.3 is 0 Å². The predicted molar refractivity (Wildman–Crippen MR) is 161 cm³/mol. The monoisotopic (exact) mass is 686 g/mol. The van der Waals surface area contributed by atoms with E-state index < -0.39 is 47.3 Å². The van der Waals surface area contributed by atoms with Gasteiger partial charge in [-0.3, -0.25) is 0 Å². The molecule has 220 valence electrons. The van der Waals surface area contributed by atoms with Crippen LogP contribution in [0.25, 0.3) is 10.9 Å². The molecule has 2 aromatic carbocycles. The molecule has 4 rings (SSSR count). The van der Waals surface area contributed by atoms with Crippen molar-refractivity contribution in [3.8, 4) is 11.5 Å². The molecule has 2 heterocycles. The summed E-state index contributed by atoms with van der Waals surface area (Å²) < 4.78 is 39.9. The number of carbonyl (C=O) groups is 1. The molecule has 1 aliphatic rings. The third-order valence-electron chi connectivity index (χ3n) is 7.56. The maximum atomic E-state index is 13.8. The van der Waals surface area contributed by atoms with Crippen molar-refractivity contribution >= 4 is 46.1 Å². The summed E-state index contributed by atoms with van der Waals surface area (Å²) in [6.07, 6.45) is 2.60. The van der Waals surface area contributed by atoms with Crippen LogP contribution in [-0.4, -0.2) is 63.4 Å². The number of aliphatic hydroxyl groups excluding tert-OH is 1. The molecule has 1 saturated heterocycles. The van der Waals surface area contributed by atoms with E-state index in [0.717, 1.165) is 39.2 Å². The molecule has 1 unspecified atom stereocenters. The Balaban J connectivity index is 1.42. The van der Waals surface area contributed by atoms with Crippen molar-refractivity contribution in [2.24, 2.45) is 5.92 Å². The zero-order valence-electron chi connectivity index (χ0n) is 24.4. The Labute approximate surface area is 250 Å². The first-order valence-corrected chi connectivity index (χ1v) is 23.2. The van der Waals surface area contributed by atoms with Gasteiger partial charge in [0.05, 0.1) is 0 Å². The number of aliphatic hydroxyl groups is 1. The van der Waals surface area contributed by atoms with Gasteiger partial charge in [-0.05, 0) is 0 Å². The molecule has 0 aliphatic carbocycles. The molecule has 11 heteroatoms. The molecule has 0 bridgehead atoms. The van der Waals surface area contributed by atoms with Crippen molar-refractivity contribution in [3.05, 3.63) is 66.4 Å². The van der Waals surface area contributed by atoms with Crippen LogP contribution in [0, 0.1) is 5.92 Å². The number of para-hydroxylation sites is 1. The molecule has 2 N–H and O–H groups in total. The SMILES string of the molecule is COc1ccc2nccc([C@@H](O)[C@@H]3CC[C@@H](COP(=O)(N[C@@H](C)C(=O)OC(C)C)Oc4ccccc4)[CH2][In]3[CH3])c2c1. The number of aromatic nitrogens is 1. The third-order valence-corrected chi connectivity index (χ3v) is 19.4. The number of carbonyl (C=O) groups excluding carboxylic acids is 1. The quantitative estimate of drug-likeness (QED) is 0.167. The zero-order chi connectivity index (χ0) is 29.6. The van der Waals surface area contributed by atoms with Crippen molar-refractivity contribution in [2.75, 3.05) is 13.7 Å². The standard InChI is InChI=1S/C29H37N2O7P.CH3.In/c1-20(2)37-29(33)22(4)31-39(34,38-23-11-7-6-8-12-23)36-19-21(3)10-9-13-28(32)25-16-17-30-27-15-14-24(35-5)18-26(25)27;;/h6-8,11-18,20-22,28,32H,3,9-10,19H2,1-2,4-5H3,(H,31,34);1H3;/t21-,22-,28-,39?;;/m0../s1. The molecular weight excluding hydrogens is 646 g/mol. The number of fused-ring (bicyclic) bond motifs is 1. The number of methoxy groups -OCH3 is 1. The van der Waals surface area contributed by atoms with Gasteiger partial charge >= 0.3 is 251 Å². The first-order chi connectivity index (χ1) is 19.6. The van der Waals surface area contributed by atoms with Crippen LogP contribution in [-0.2, 0) is 18.6 Å². The second-order valence-corrected chi connectivity index (χ2v) is 22.1. The van der Waals surface area contributed by atoms with E-state index in [1.54, 1.807) is 58.3 Å². The normalized spacial score (nSPS) is 20.3. The number of rotatable bonds is 12. The van der Waals surface area contributed by atoms with Crippen LogP contribution in [0.3, 0.4) is 0 Å². The Hall–Kier alpha value is -2.10. The summed E-state index contributed by atoms with van der Waals surface area (Å²) >= 11 is -2.24. The molecule has 0 radical (unpaired) electrons. The molecule has 1 aromatic heterocycles. The van der Waals surface area contributed by atoms with Gasteiger partial charge in [0.15, 0.2) is 0 Å². The fourth-order valence-electron chi connectivity index (χ4n) is 5.45. The van der Waals surface area contributed by atoms with E-state index in [-0.39, 0.29) is 22.3 Å². The number of hydrogen-bond acceptors (Lipinski definition) is 8. The minimum absolute atomic E-state index is 0.200. The first-order valence-electron chi connectivity index (χ1n) is 14.2. The van der Waals surface area contributed by atoms with Crippen LogP contribution in [0.1, 0.15) is 45.3 Å². The van der Waals surface area contributed by atoms with Gasteiger partial charge in [0.25, 0.3) is 0 Å². The molecule has 3 aromatic rings. The van der Waals surface area contributed by atoms with Crippen LogP contribution in [0.4, 0.5) is 0 Å². The summed E-state index contributed by atoms with van der Waals surface area (Å²) in [5.41, 5.74) is 1.73. The van der Waals surface area contributed by atoms with Crippen LogP contribution < -0.4 is 14.3 Å². The van der Waals surface area contributed by atoms with Gasteiger partial charge in [-0.1, -0.05) is 0 Å². The maximum absolute atomic E-state index is 13.8. The van der Waals surface area contributed by atoms with Crippen molar-refractivity contribution in [1.29, 1.82) is 0 Å². The summed E-state index contributed by atoms with van der Waals surface area (Å²) in [5.74, 6) is 0.791. The molecule has 1 aliphatic heterocycles. The van der Waals surface area contributed by atoms with Gasteiger partial charge in [0, 0.05) is 0 Å². The number of ether oxygens (including phenoxy) is 2. The molecule has 0 saturated carbocycles. The van der Waals surface area contributed by atoms with Crippen LogP contribution >= 0.6 is 7.75 Å². The van der Waals surface area contributed by atoms with E-state index in [0.29, 0.717) is 5.75 Å². The average molecular weight is 686 g/mol. The van der Waals surface area contributed by atoms with Crippen molar-refractivity contribution in [3.63, 3.8) is 0 Å². The Morgan fingerprint density at radius 1 is 1.12 bits per heavy atom. The van der Waals surface area contributed by atoms with Crippen molar-refractivity contribution in [2.45, 2.75) is 64.4 Å². The van der Waals surface area contributed by atoms with E-state index in [2.05, 4.69) is 14.8 Å². The molecular formula is C30H40InN2O7P. The summed E-state index contributed by atoms with van der Waals surface area (Å²) in [4.78, 5) is 16.9. The zero-order valence-corrected chi connectivity index (χ0v) is 28.5. The predicted octanol–water partition coefficient (Wildman–Crippen LogP) is 6.32. The van der Waals surface area contributed by atoms with Gasteiger partial charge in [-0.15, -0.1) is 0 Å². The number of esters is 1. The molecule has 0 amide bonds. The molecule has 1 fully saturated rings. The number of pyridine rings is 1.